The topological polar surface area (TPSA) is 126 Å². The lowest BCUT2D eigenvalue weighted by molar-refractivity contribution is -0.125. The number of amides is 1. The van der Waals surface area contributed by atoms with Gasteiger partial charge in [-0.15, -0.1) is 0 Å². The van der Waals surface area contributed by atoms with Crippen LogP contribution >= 0.6 is 0 Å². The van der Waals surface area contributed by atoms with Gasteiger partial charge in [0, 0.05) is 13.1 Å². The minimum atomic E-state index is -3.75. The van der Waals surface area contributed by atoms with Gasteiger partial charge in [0.25, 0.3) is 5.91 Å². The van der Waals surface area contributed by atoms with Gasteiger partial charge in [-0.05, 0) is 43.9 Å². The normalized spacial score (nSPS) is 19.6. The zero-order valence-corrected chi connectivity index (χ0v) is 16.9. The number of nitriles is 1. The van der Waals surface area contributed by atoms with Gasteiger partial charge >= 0.3 is 5.97 Å². The fourth-order valence-electron chi connectivity index (χ4n) is 3.14. The van der Waals surface area contributed by atoms with E-state index in [0.717, 1.165) is 12.8 Å². The molecule has 1 saturated heterocycles. The minimum absolute atomic E-state index is 0.0240. The van der Waals surface area contributed by atoms with Crippen LogP contribution in [0.5, 0.6) is 0 Å². The molecular weight excluding hydrogens is 398 g/mol. The van der Waals surface area contributed by atoms with E-state index in [-0.39, 0.29) is 29.5 Å². The maximum absolute atomic E-state index is 12.7. The maximum atomic E-state index is 12.7. The van der Waals surface area contributed by atoms with E-state index < -0.39 is 34.0 Å². The molecule has 0 radical (unpaired) electrons. The molecule has 3 rings (SSSR count). The average molecular weight is 421 g/mol. The average Bonchev–Trinajstić information content (AvgIpc) is 3.58. The van der Waals surface area contributed by atoms with Gasteiger partial charge in [0.1, 0.15) is 5.54 Å². The molecule has 0 spiro atoms. The van der Waals surface area contributed by atoms with Crippen LogP contribution in [0.3, 0.4) is 0 Å². The molecule has 1 aromatic carbocycles. The summed E-state index contributed by atoms with van der Waals surface area (Å²) in [7, 11) is -3.75. The van der Waals surface area contributed by atoms with Crippen LogP contribution in [0, 0.1) is 17.2 Å². The highest BCUT2D eigenvalue weighted by molar-refractivity contribution is 7.89. The Morgan fingerprint density at radius 2 is 2.03 bits per heavy atom. The first-order chi connectivity index (χ1) is 13.8. The fraction of sp³-hybridized carbons (Fsp3) is 0.526. The fourth-order valence-corrected chi connectivity index (χ4v) is 4.60. The lowest BCUT2D eigenvalue weighted by atomic mass is 9.98. The minimum Gasteiger partial charge on any atom is -0.452 e. The van der Waals surface area contributed by atoms with E-state index in [1.165, 1.54) is 28.6 Å². The third kappa shape index (κ3) is 4.93. The Balaban J connectivity index is 1.62. The van der Waals surface area contributed by atoms with Crippen LogP contribution in [0.1, 0.15) is 30.1 Å². The molecule has 10 heteroatoms. The Bertz CT molecular complexity index is 932. The summed E-state index contributed by atoms with van der Waals surface area (Å²) in [6, 6.07) is 7.60. The predicted molar refractivity (Wildman–Crippen MR) is 101 cm³/mol. The molecule has 29 heavy (non-hydrogen) atoms. The number of sulfonamides is 1. The summed E-state index contributed by atoms with van der Waals surface area (Å²) in [5, 5.41) is 11.9. The molecule has 1 atom stereocenters. The van der Waals surface area contributed by atoms with Crippen LogP contribution in [0.25, 0.3) is 0 Å². The van der Waals surface area contributed by atoms with Crippen molar-refractivity contribution in [1.82, 2.24) is 9.62 Å². The third-order valence-corrected chi connectivity index (χ3v) is 6.93. The number of carbonyl (C=O) groups excluding carboxylic acids is 2. The highest BCUT2D eigenvalue weighted by Crippen LogP contribution is 2.39. The third-order valence-electron chi connectivity index (χ3n) is 5.04. The summed E-state index contributed by atoms with van der Waals surface area (Å²) in [4.78, 5) is 24.3. The molecule has 156 valence electrons. The molecule has 1 saturated carbocycles. The van der Waals surface area contributed by atoms with Crippen molar-refractivity contribution in [3.63, 3.8) is 0 Å². The van der Waals surface area contributed by atoms with Crippen LogP contribution in [-0.4, -0.2) is 63.0 Å². The molecule has 1 amide bonds. The quantitative estimate of drug-likeness (QED) is 0.641. The lowest BCUT2D eigenvalue weighted by Gasteiger charge is -2.26. The maximum Gasteiger partial charge on any atom is 0.338 e. The number of esters is 1. The summed E-state index contributed by atoms with van der Waals surface area (Å²) in [6.07, 6.45) is 1.74. The summed E-state index contributed by atoms with van der Waals surface area (Å²) in [6.45, 7) is 2.22. The van der Waals surface area contributed by atoms with E-state index in [4.69, 9.17) is 9.47 Å². The monoisotopic (exact) mass is 421 g/mol. The zero-order valence-electron chi connectivity index (χ0n) is 16.1. The molecule has 9 nitrogen and oxygen atoms in total. The Morgan fingerprint density at radius 1 is 1.34 bits per heavy atom. The number of ether oxygens (including phenoxy) is 2. The zero-order chi connectivity index (χ0) is 21.1. The number of carbonyl (C=O) groups is 2. The number of rotatable bonds is 7. The van der Waals surface area contributed by atoms with Gasteiger partial charge < -0.3 is 14.8 Å². The number of hydrogen-bond acceptors (Lipinski definition) is 7. The summed E-state index contributed by atoms with van der Waals surface area (Å²) < 4.78 is 36.9. The predicted octanol–water partition coefficient (Wildman–Crippen LogP) is 0.673. The van der Waals surface area contributed by atoms with Gasteiger partial charge in [0.15, 0.2) is 6.61 Å². The highest BCUT2D eigenvalue weighted by atomic mass is 32.2. The first-order valence-electron chi connectivity index (χ1n) is 9.33. The molecule has 0 aromatic heterocycles. The van der Waals surface area contributed by atoms with E-state index in [0.29, 0.717) is 13.2 Å². The molecule has 1 aliphatic heterocycles. The van der Waals surface area contributed by atoms with Crippen molar-refractivity contribution >= 4 is 21.9 Å². The lowest BCUT2D eigenvalue weighted by Crippen LogP contribution is -2.48. The Kier molecular flexibility index (Phi) is 6.21. The second-order valence-corrected chi connectivity index (χ2v) is 9.19. The van der Waals surface area contributed by atoms with Gasteiger partial charge in [-0.25, -0.2) is 13.2 Å². The van der Waals surface area contributed by atoms with Crippen molar-refractivity contribution < 1.29 is 27.5 Å². The van der Waals surface area contributed by atoms with E-state index in [1.807, 2.05) is 0 Å². The van der Waals surface area contributed by atoms with Gasteiger partial charge in [0.2, 0.25) is 10.0 Å². The van der Waals surface area contributed by atoms with Crippen molar-refractivity contribution in [1.29, 1.82) is 5.26 Å². The van der Waals surface area contributed by atoms with Crippen LogP contribution in [0.15, 0.2) is 29.2 Å². The standard InChI is InChI=1S/C19H23N3O6S/c1-19(13-20,15-5-6-15)21-17(23)12-28-18(24)14-3-2-4-16(11-14)29(25,26)22-7-9-27-10-8-22/h2-4,11,15H,5-10,12H2,1H3,(H,21,23)/t19-/m0/s1. The smallest absolute Gasteiger partial charge is 0.338 e. The highest BCUT2D eigenvalue weighted by Gasteiger charge is 2.43. The van der Waals surface area contributed by atoms with E-state index in [9.17, 15) is 23.3 Å². The molecule has 2 aliphatic rings. The molecular formula is C19H23N3O6S. The number of nitrogens with zero attached hydrogens (tertiary/aromatic N) is 2. The van der Waals surface area contributed by atoms with Crippen molar-refractivity contribution in [3.05, 3.63) is 29.8 Å². The van der Waals surface area contributed by atoms with Crippen molar-refractivity contribution in [2.24, 2.45) is 5.92 Å². The van der Waals surface area contributed by atoms with Crippen LogP contribution in [-0.2, 0) is 24.3 Å². The molecule has 0 unspecified atom stereocenters. The van der Waals surface area contributed by atoms with Crippen LogP contribution < -0.4 is 5.32 Å². The SMILES string of the molecule is C[C@@](C#N)(NC(=O)COC(=O)c1cccc(S(=O)(=O)N2CCOCC2)c1)C1CC1. The second kappa shape index (κ2) is 8.49. The van der Waals surface area contributed by atoms with Gasteiger partial charge in [-0.2, -0.15) is 9.57 Å². The first-order valence-corrected chi connectivity index (χ1v) is 10.8. The largest absolute Gasteiger partial charge is 0.452 e. The molecule has 1 aliphatic carbocycles. The van der Waals surface area contributed by atoms with Gasteiger partial charge in [0.05, 0.1) is 29.7 Å². The van der Waals surface area contributed by atoms with Gasteiger partial charge in [-0.1, -0.05) is 6.07 Å². The second-order valence-electron chi connectivity index (χ2n) is 7.26. The molecule has 2 fully saturated rings. The molecule has 1 heterocycles. The molecule has 1 aromatic rings. The van der Waals surface area contributed by atoms with Gasteiger partial charge in [-0.3, -0.25) is 4.79 Å². The number of morpholine rings is 1. The van der Waals surface area contributed by atoms with E-state index in [1.54, 1.807) is 6.92 Å². The summed E-state index contributed by atoms with van der Waals surface area (Å²) in [5.74, 6) is -1.29. The summed E-state index contributed by atoms with van der Waals surface area (Å²) >= 11 is 0. The Labute approximate surface area is 169 Å². The van der Waals surface area contributed by atoms with E-state index >= 15 is 0 Å². The van der Waals surface area contributed by atoms with Crippen molar-refractivity contribution in [2.75, 3.05) is 32.9 Å². The number of benzene rings is 1. The molecule has 1 N–H and O–H groups in total. The summed E-state index contributed by atoms with van der Waals surface area (Å²) in [5.41, 5.74) is -0.951. The first kappa shape index (κ1) is 21.2. The van der Waals surface area contributed by atoms with Crippen LogP contribution in [0.2, 0.25) is 0 Å². The van der Waals surface area contributed by atoms with Crippen LogP contribution in [0.4, 0.5) is 0 Å². The Hall–Kier alpha value is -2.48. The Morgan fingerprint density at radius 3 is 2.66 bits per heavy atom. The number of nitrogens with one attached hydrogen (secondary N) is 1. The van der Waals surface area contributed by atoms with E-state index in [2.05, 4.69) is 11.4 Å². The van der Waals surface area contributed by atoms with Crippen molar-refractivity contribution in [3.8, 4) is 6.07 Å². The van der Waals surface area contributed by atoms with Crippen molar-refractivity contribution in [2.45, 2.75) is 30.2 Å². The molecule has 0 bridgehead atoms. The number of hydrogen-bond donors (Lipinski definition) is 1.